The van der Waals surface area contributed by atoms with Crippen molar-refractivity contribution in [3.05, 3.63) is 34.7 Å². The Hall–Kier alpha value is -2.57. The monoisotopic (exact) mass is 330 g/mol. The van der Waals surface area contributed by atoms with Gasteiger partial charge in [-0.15, -0.1) is 0 Å². The fraction of sp³-hybridized carbons (Fsp3) is 0.471. The maximum Gasteiger partial charge on any atom is 0.329 e. The molecule has 1 aliphatic heterocycles. The molecule has 2 heterocycles. The number of hydrogen-bond donors (Lipinski definition) is 2. The number of para-hydroxylation sites is 2. The highest BCUT2D eigenvalue weighted by atomic mass is 16.2. The molecule has 1 aromatic heterocycles. The molecule has 7 heteroatoms. The molecule has 1 saturated heterocycles. The molecule has 0 bridgehead atoms. The molecule has 24 heavy (non-hydrogen) atoms. The van der Waals surface area contributed by atoms with Crippen LogP contribution in [0.1, 0.15) is 26.2 Å². The molecule has 128 valence electrons. The first-order chi connectivity index (χ1) is 11.6. The average molecular weight is 330 g/mol. The largest absolute Gasteiger partial charge is 0.354 e. The van der Waals surface area contributed by atoms with Crippen molar-refractivity contribution < 1.29 is 9.59 Å². The van der Waals surface area contributed by atoms with Crippen LogP contribution >= 0.6 is 0 Å². The summed E-state index contributed by atoms with van der Waals surface area (Å²) < 4.78 is 3.10. The normalized spacial score (nSPS) is 18.2. The lowest BCUT2D eigenvalue weighted by Gasteiger charge is -2.15. The van der Waals surface area contributed by atoms with Crippen LogP contribution in [-0.4, -0.2) is 33.5 Å². The Bertz CT molecular complexity index is 821. The van der Waals surface area contributed by atoms with E-state index in [0.29, 0.717) is 19.5 Å². The van der Waals surface area contributed by atoms with Crippen molar-refractivity contribution in [1.82, 2.24) is 19.8 Å². The summed E-state index contributed by atoms with van der Waals surface area (Å²) in [7, 11) is 0. The van der Waals surface area contributed by atoms with Gasteiger partial charge in [0.05, 0.1) is 11.0 Å². The topological polar surface area (TPSA) is 85.1 Å². The standard InChI is InChI=1S/C17H22N4O3/c1-2-20-13-8-3-4-9-14(13)21(17(20)24)11-15(22)19-12-7-5-6-10-18-16(12)23/h3-4,8-9,12H,2,5-7,10-11H2,1H3,(H,18,23)(H,19,22). The maximum atomic E-state index is 12.5. The van der Waals surface area contributed by atoms with Crippen molar-refractivity contribution in [3.63, 3.8) is 0 Å². The van der Waals surface area contributed by atoms with Crippen molar-refractivity contribution in [1.29, 1.82) is 0 Å². The average Bonchev–Trinajstić information content (AvgIpc) is 2.70. The predicted molar refractivity (Wildman–Crippen MR) is 90.7 cm³/mol. The van der Waals surface area contributed by atoms with E-state index in [1.54, 1.807) is 4.57 Å². The number of rotatable bonds is 4. The third-order valence-electron chi connectivity index (χ3n) is 4.41. The van der Waals surface area contributed by atoms with Gasteiger partial charge in [0.15, 0.2) is 0 Å². The van der Waals surface area contributed by atoms with E-state index in [9.17, 15) is 14.4 Å². The summed E-state index contributed by atoms with van der Waals surface area (Å²) in [6, 6.07) is 6.89. The van der Waals surface area contributed by atoms with Crippen LogP contribution in [0.2, 0.25) is 0 Å². The van der Waals surface area contributed by atoms with Gasteiger partial charge >= 0.3 is 5.69 Å². The first-order valence-corrected chi connectivity index (χ1v) is 8.37. The van der Waals surface area contributed by atoms with Crippen LogP contribution in [-0.2, 0) is 22.7 Å². The van der Waals surface area contributed by atoms with Crippen molar-refractivity contribution in [3.8, 4) is 0 Å². The zero-order valence-corrected chi connectivity index (χ0v) is 13.7. The van der Waals surface area contributed by atoms with Crippen LogP contribution < -0.4 is 16.3 Å². The van der Waals surface area contributed by atoms with Crippen LogP contribution in [0.4, 0.5) is 0 Å². The minimum atomic E-state index is -0.518. The predicted octanol–water partition coefficient (Wildman–Crippen LogP) is 0.608. The van der Waals surface area contributed by atoms with Crippen LogP contribution in [0.25, 0.3) is 11.0 Å². The molecule has 0 saturated carbocycles. The van der Waals surface area contributed by atoms with E-state index in [2.05, 4.69) is 10.6 Å². The highest BCUT2D eigenvalue weighted by Crippen LogP contribution is 2.12. The lowest BCUT2D eigenvalue weighted by atomic mass is 10.1. The number of imidazole rings is 1. The lowest BCUT2D eigenvalue weighted by molar-refractivity contribution is -0.129. The minimum Gasteiger partial charge on any atom is -0.354 e. The molecule has 3 rings (SSSR count). The first kappa shape index (κ1) is 16.3. The number of nitrogens with zero attached hydrogens (tertiary/aromatic N) is 2. The number of amides is 2. The van der Waals surface area contributed by atoms with E-state index in [4.69, 9.17) is 0 Å². The smallest absolute Gasteiger partial charge is 0.329 e. The fourth-order valence-electron chi connectivity index (χ4n) is 3.19. The van der Waals surface area contributed by atoms with Gasteiger partial charge in [-0.25, -0.2) is 4.79 Å². The molecule has 1 unspecified atom stereocenters. The summed E-state index contributed by atoms with van der Waals surface area (Å²) in [4.78, 5) is 36.8. The molecular weight excluding hydrogens is 308 g/mol. The summed E-state index contributed by atoms with van der Waals surface area (Å²) in [5.74, 6) is -0.470. The van der Waals surface area contributed by atoms with Gasteiger partial charge in [0.2, 0.25) is 11.8 Å². The zero-order valence-electron chi connectivity index (χ0n) is 13.7. The number of hydrogen-bond acceptors (Lipinski definition) is 3. The Balaban J connectivity index is 1.82. The van der Waals surface area contributed by atoms with Crippen molar-refractivity contribution in [2.24, 2.45) is 0 Å². The number of aryl methyl sites for hydroxylation is 1. The number of benzene rings is 1. The molecule has 2 N–H and O–H groups in total. The summed E-state index contributed by atoms with van der Waals surface area (Å²) in [5, 5.41) is 5.55. The summed E-state index contributed by atoms with van der Waals surface area (Å²) in [6.07, 6.45) is 2.43. The van der Waals surface area contributed by atoms with Gasteiger partial charge < -0.3 is 10.6 Å². The zero-order chi connectivity index (χ0) is 17.1. The Labute approximate surface area is 139 Å². The lowest BCUT2D eigenvalue weighted by Crippen LogP contribution is -2.47. The van der Waals surface area contributed by atoms with E-state index < -0.39 is 6.04 Å². The van der Waals surface area contributed by atoms with Gasteiger partial charge in [-0.1, -0.05) is 12.1 Å². The number of nitrogens with one attached hydrogen (secondary N) is 2. The third-order valence-corrected chi connectivity index (χ3v) is 4.41. The third kappa shape index (κ3) is 3.06. The van der Waals surface area contributed by atoms with E-state index in [-0.39, 0.29) is 24.0 Å². The molecule has 0 aliphatic carbocycles. The van der Waals surface area contributed by atoms with Gasteiger partial charge in [-0.2, -0.15) is 0 Å². The fourth-order valence-corrected chi connectivity index (χ4v) is 3.19. The second-order valence-corrected chi connectivity index (χ2v) is 6.01. The molecule has 2 aromatic rings. The number of carbonyl (C=O) groups is 2. The molecule has 2 amide bonds. The Morgan fingerprint density at radius 3 is 2.62 bits per heavy atom. The Morgan fingerprint density at radius 2 is 1.92 bits per heavy atom. The SMILES string of the molecule is CCn1c(=O)n(CC(=O)NC2CCCCNC2=O)c2ccccc21. The minimum absolute atomic E-state index is 0.0872. The van der Waals surface area contributed by atoms with Gasteiger partial charge in [0.1, 0.15) is 12.6 Å². The molecule has 1 aromatic carbocycles. The summed E-state index contributed by atoms with van der Waals surface area (Å²) >= 11 is 0. The van der Waals surface area contributed by atoms with Gasteiger partial charge in [0, 0.05) is 13.1 Å². The number of carbonyl (C=O) groups excluding carboxylic acids is 2. The second-order valence-electron chi connectivity index (χ2n) is 6.01. The summed E-state index contributed by atoms with van der Waals surface area (Å²) in [5.41, 5.74) is 1.33. The van der Waals surface area contributed by atoms with Crippen molar-refractivity contribution in [2.45, 2.75) is 45.3 Å². The molecule has 1 fully saturated rings. The van der Waals surface area contributed by atoms with Gasteiger partial charge in [-0.3, -0.25) is 18.7 Å². The second kappa shape index (κ2) is 6.90. The van der Waals surface area contributed by atoms with Gasteiger partial charge in [-0.05, 0) is 38.3 Å². The summed E-state index contributed by atoms with van der Waals surface area (Å²) in [6.45, 7) is 3.00. The van der Waals surface area contributed by atoms with Crippen molar-refractivity contribution in [2.75, 3.05) is 6.54 Å². The Kier molecular flexibility index (Phi) is 4.69. The highest BCUT2D eigenvalue weighted by Gasteiger charge is 2.23. The highest BCUT2D eigenvalue weighted by molar-refractivity contribution is 5.88. The van der Waals surface area contributed by atoms with Crippen LogP contribution in [0.3, 0.4) is 0 Å². The molecule has 7 nitrogen and oxygen atoms in total. The van der Waals surface area contributed by atoms with E-state index in [1.807, 2.05) is 31.2 Å². The number of aromatic nitrogens is 2. The Morgan fingerprint density at radius 1 is 1.21 bits per heavy atom. The van der Waals surface area contributed by atoms with Crippen LogP contribution in [0.15, 0.2) is 29.1 Å². The molecule has 0 spiro atoms. The van der Waals surface area contributed by atoms with E-state index in [0.717, 1.165) is 23.9 Å². The van der Waals surface area contributed by atoms with E-state index in [1.165, 1.54) is 4.57 Å². The molecule has 0 radical (unpaired) electrons. The molecule has 1 atom stereocenters. The maximum absolute atomic E-state index is 12.5. The molecule has 1 aliphatic rings. The number of fused-ring (bicyclic) bond motifs is 1. The van der Waals surface area contributed by atoms with Crippen LogP contribution in [0.5, 0.6) is 0 Å². The van der Waals surface area contributed by atoms with Crippen molar-refractivity contribution >= 4 is 22.8 Å². The molecular formula is C17H22N4O3. The van der Waals surface area contributed by atoms with Gasteiger partial charge in [0.25, 0.3) is 0 Å². The van der Waals surface area contributed by atoms with E-state index >= 15 is 0 Å². The quantitative estimate of drug-likeness (QED) is 0.861. The first-order valence-electron chi connectivity index (χ1n) is 8.37. The van der Waals surface area contributed by atoms with Crippen LogP contribution in [0, 0.1) is 0 Å².